The molecule has 0 fully saturated rings. The Morgan fingerprint density at radius 1 is 1.50 bits per heavy atom. The summed E-state index contributed by atoms with van der Waals surface area (Å²) in [7, 11) is 3.73. The summed E-state index contributed by atoms with van der Waals surface area (Å²) in [5, 5.41) is 3.22. The van der Waals surface area contributed by atoms with E-state index < -0.39 is 0 Å². The van der Waals surface area contributed by atoms with Crippen LogP contribution in [0, 0.1) is 0 Å². The van der Waals surface area contributed by atoms with E-state index in [0.717, 1.165) is 19.6 Å². The summed E-state index contributed by atoms with van der Waals surface area (Å²) in [5.41, 5.74) is 2.71. The highest BCUT2D eigenvalue weighted by Crippen LogP contribution is 2.22. The normalized spacial score (nSPS) is 17.1. The molecule has 1 aliphatic carbocycles. The number of hydrogen-bond acceptors (Lipinski definition) is 3. The van der Waals surface area contributed by atoms with Crippen molar-refractivity contribution in [3.05, 3.63) is 17.7 Å². The third-order valence-corrected chi connectivity index (χ3v) is 3.25. The molecule has 1 aromatic heterocycles. The molecular weight excluding hydrogens is 202 g/mol. The van der Waals surface area contributed by atoms with Gasteiger partial charge in [-0.2, -0.15) is 0 Å². The summed E-state index contributed by atoms with van der Waals surface area (Å²) in [5.74, 6) is 0. The van der Waals surface area contributed by atoms with Gasteiger partial charge in [0.1, 0.15) is 0 Å². The maximum atomic E-state index is 5.28. The van der Waals surface area contributed by atoms with Crippen molar-refractivity contribution in [2.75, 3.05) is 27.3 Å². The quantitative estimate of drug-likeness (QED) is 0.814. The Kier molecular flexibility index (Phi) is 3.96. The number of nitrogens with one attached hydrogen (secondary N) is 1. The summed E-state index contributed by atoms with van der Waals surface area (Å²) in [6.07, 6.45) is 6.86. The fourth-order valence-electron chi connectivity index (χ4n) is 2.47. The van der Waals surface area contributed by atoms with Crippen LogP contribution in [0.3, 0.4) is 0 Å². The van der Waals surface area contributed by atoms with Gasteiger partial charge in [0.15, 0.2) is 0 Å². The van der Waals surface area contributed by atoms with Gasteiger partial charge in [-0.15, -0.1) is 0 Å². The second-order valence-electron chi connectivity index (χ2n) is 4.42. The van der Waals surface area contributed by atoms with Crippen molar-refractivity contribution in [3.8, 4) is 0 Å². The molecule has 1 N–H and O–H groups in total. The van der Waals surface area contributed by atoms with Gasteiger partial charge in [-0.1, -0.05) is 0 Å². The smallest absolute Gasteiger partial charge is 0.0955 e. The average molecular weight is 223 g/mol. The first-order chi connectivity index (χ1) is 7.86. The molecule has 0 saturated heterocycles. The number of nitrogens with zero attached hydrogens (tertiary/aromatic N) is 2. The standard InChI is InChI=1S/C12H21N3O/c1-13-7-10(8-16-2)15-9-14-11-5-3-4-6-12(11)15/h9-10,13H,3-8H2,1-2H3. The summed E-state index contributed by atoms with van der Waals surface area (Å²) >= 11 is 0. The first-order valence-electron chi connectivity index (χ1n) is 6.05. The SMILES string of the molecule is CNCC(COC)n1cnc2c1CCCC2. The molecule has 1 atom stereocenters. The maximum absolute atomic E-state index is 5.28. The van der Waals surface area contributed by atoms with Gasteiger partial charge in [0, 0.05) is 19.3 Å². The van der Waals surface area contributed by atoms with E-state index in [1.807, 2.05) is 13.4 Å². The fourth-order valence-corrected chi connectivity index (χ4v) is 2.47. The van der Waals surface area contributed by atoms with Gasteiger partial charge in [-0.05, 0) is 32.7 Å². The first-order valence-corrected chi connectivity index (χ1v) is 6.05. The zero-order valence-corrected chi connectivity index (χ0v) is 10.2. The van der Waals surface area contributed by atoms with Gasteiger partial charge in [0.05, 0.1) is 24.7 Å². The van der Waals surface area contributed by atoms with Crippen LogP contribution in [-0.4, -0.2) is 36.9 Å². The van der Waals surface area contributed by atoms with E-state index in [-0.39, 0.29) is 0 Å². The lowest BCUT2D eigenvalue weighted by Crippen LogP contribution is -2.27. The summed E-state index contributed by atoms with van der Waals surface area (Å²) < 4.78 is 7.58. The monoisotopic (exact) mass is 223 g/mol. The molecule has 1 heterocycles. The molecule has 0 radical (unpaired) electrons. The lowest BCUT2D eigenvalue weighted by molar-refractivity contribution is 0.153. The van der Waals surface area contributed by atoms with Gasteiger partial charge < -0.3 is 14.6 Å². The molecule has 4 nitrogen and oxygen atoms in total. The third kappa shape index (κ3) is 2.28. The van der Waals surface area contributed by atoms with Crippen molar-refractivity contribution >= 4 is 0 Å². The topological polar surface area (TPSA) is 39.1 Å². The fraction of sp³-hybridized carbons (Fsp3) is 0.750. The molecule has 0 saturated carbocycles. The largest absolute Gasteiger partial charge is 0.382 e. The number of likely N-dealkylation sites (N-methyl/N-ethyl adjacent to an activating group) is 1. The van der Waals surface area contributed by atoms with Crippen molar-refractivity contribution in [1.82, 2.24) is 14.9 Å². The second-order valence-corrected chi connectivity index (χ2v) is 4.42. The van der Waals surface area contributed by atoms with E-state index in [0.29, 0.717) is 6.04 Å². The predicted molar refractivity (Wildman–Crippen MR) is 63.7 cm³/mol. The van der Waals surface area contributed by atoms with Gasteiger partial charge >= 0.3 is 0 Å². The zero-order valence-electron chi connectivity index (χ0n) is 10.2. The van der Waals surface area contributed by atoms with Crippen LogP contribution < -0.4 is 5.32 Å². The number of fused-ring (bicyclic) bond motifs is 1. The lowest BCUT2D eigenvalue weighted by atomic mass is 10.0. The lowest BCUT2D eigenvalue weighted by Gasteiger charge is -2.22. The Morgan fingerprint density at radius 2 is 2.31 bits per heavy atom. The third-order valence-electron chi connectivity index (χ3n) is 3.25. The van der Waals surface area contributed by atoms with Gasteiger partial charge in [-0.25, -0.2) is 4.98 Å². The number of aromatic nitrogens is 2. The van der Waals surface area contributed by atoms with Crippen LogP contribution in [0.2, 0.25) is 0 Å². The van der Waals surface area contributed by atoms with Crippen LogP contribution in [0.25, 0.3) is 0 Å². The molecule has 16 heavy (non-hydrogen) atoms. The molecule has 4 heteroatoms. The minimum absolute atomic E-state index is 0.365. The highest BCUT2D eigenvalue weighted by molar-refractivity contribution is 5.17. The van der Waals surface area contributed by atoms with Crippen molar-refractivity contribution in [2.24, 2.45) is 0 Å². The number of aryl methyl sites for hydroxylation is 1. The number of methoxy groups -OCH3 is 1. The van der Waals surface area contributed by atoms with Crippen molar-refractivity contribution < 1.29 is 4.74 Å². The Balaban J connectivity index is 2.19. The zero-order chi connectivity index (χ0) is 11.4. The van der Waals surface area contributed by atoms with Crippen molar-refractivity contribution in [1.29, 1.82) is 0 Å². The van der Waals surface area contributed by atoms with E-state index in [1.165, 1.54) is 30.7 Å². The molecule has 0 amide bonds. The van der Waals surface area contributed by atoms with Crippen LogP contribution in [0.1, 0.15) is 30.3 Å². The van der Waals surface area contributed by atoms with E-state index in [9.17, 15) is 0 Å². The molecule has 2 rings (SSSR count). The van der Waals surface area contributed by atoms with E-state index in [4.69, 9.17) is 4.74 Å². The molecule has 1 aliphatic rings. The maximum Gasteiger partial charge on any atom is 0.0955 e. The van der Waals surface area contributed by atoms with Gasteiger partial charge in [0.25, 0.3) is 0 Å². The molecule has 0 aromatic carbocycles. The van der Waals surface area contributed by atoms with Crippen LogP contribution in [0.4, 0.5) is 0 Å². The van der Waals surface area contributed by atoms with E-state index >= 15 is 0 Å². The minimum atomic E-state index is 0.365. The van der Waals surface area contributed by atoms with Crippen molar-refractivity contribution in [3.63, 3.8) is 0 Å². The van der Waals surface area contributed by atoms with E-state index in [2.05, 4.69) is 14.9 Å². The number of rotatable bonds is 5. The molecule has 0 spiro atoms. The molecule has 1 aromatic rings. The van der Waals surface area contributed by atoms with Crippen LogP contribution >= 0.6 is 0 Å². The Bertz CT molecular complexity index is 329. The molecule has 1 unspecified atom stereocenters. The highest BCUT2D eigenvalue weighted by atomic mass is 16.5. The van der Waals surface area contributed by atoms with Gasteiger partial charge in [-0.3, -0.25) is 0 Å². The van der Waals surface area contributed by atoms with E-state index in [1.54, 1.807) is 7.11 Å². The highest BCUT2D eigenvalue weighted by Gasteiger charge is 2.19. The van der Waals surface area contributed by atoms with Crippen LogP contribution in [0.15, 0.2) is 6.33 Å². The number of ether oxygens (including phenoxy) is 1. The summed E-state index contributed by atoms with van der Waals surface area (Å²) in [6.45, 7) is 1.67. The summed E-state index contributed by atoms with van der Waals surface area (Å²) in [4.78, 5) is 4.52. The molecule has 0 aliphatic heterocycles. The van der Waals surface area contributed by atoms with Crippen LogP contribution in [0.5, 0.6) is 0 Å². The second kappa shape index (κ2) is 5.46. The molecular formula is C12H21N3O. The molecule has 0 bridgehead atoms. The van der Waals surface area contributed by atoms with Crippen LogP contribution in [-0.2, 0) is 17.6 Å². The first kappa shape index (κ1) is 11.6. The predicted octanol–water partition coefficient (Wildman–Crippen LogP) is 1.17. The molecule has 90 valence electrons. The Hall–Kier alpha value is -0.870. The average Bonchev–Trinajstić information content (AvgIpc) is 2.72. The Labute approximate surface area is 97.0 Å². The Morgan fingerprint density at radius 3 is 3.06 bits per heavy atom. The number of hydrogen-bond donors (Lipinski definition) is 1. The summed E-state index contributed by atoms with van der Waals surface area (Å²) in [6, 6.07) is 0.365. The van der Waals surface area contributed by atoms with Crippen molar-refractivity contribution in [2.45, 2.75) is 31.7 Å². The minimum Gasteiger partial charge on any atom is -0.382 e. The number of imidazole rings is 1. The van der Waals surface area contributed by atoms with Gasteiger partial charge in [0.2, 0.25) is 0 Å².